The minimum Gasteiger partial charge on any atom is -0.494 e. The van der Waals surface area contributed by atoms with Gasteiger partial charge in [0.15, 0.2) is 6.61 Å². The molecule has 2 aromatic rings. The van der Waals surface area contributed by atoms with Crippen molar-refractivity contribution in [3.63, 3.8) is 0 Å². The van der Waals surface area contributed by atoms with Crippen molar-refractivity contribution < 1.29 is 32.6 Å². The number of ether oxygens (including phenoxy) is 2. The van der Waals surface area contributed by atoms with E-state index in [0.29, 0.717) is 24.1 Å². The van der Waals surface area contributed by atoms with Gasteiger partial charge in [-0.25, -0.2) is 8.78 Å². The molecule has 0 spiro atoms. The SMILES string of the molecule is CCOc1ccc(N2CC(C(=O)OCC(=O)Nc3ccc(F)cc3F)CC2=O)cc1. The minimum atomic E-state index is -0.943. The first-order valence-corrected chi connectivity index (χ1v) is 9.32. The largest absolute Gasteiger partial charge is 0.494 e. The molecule has 0 saturated carbocycles. The Bertz CT molecular complexity index is 949. The van der Waals surface area contributed by atoms with Crippen LogP contribution in [0.3, 0.4) is 0 Å². The standard InChI is InChI=1S/C21H20F2N2O5/c1-2-29-16-6-4-15(5-7-16)25-11-13(9-20(25)27)21(28)30-12-19(26)24-18-8-3-14(22)10-17(18)23/h3-8,10,13H,2,9,11-12H2,1H3,(H,24,26). The first-order valence-electron chi connectivity index (χ1n) is 9.32. The fourth-order valence-corrected chi connectivity index (χ4v) is 3.04. The highest BCUT2D eigenvalue weighted by Crippen LogP contribution is 2.27. The number of carbonyl (C=O) groups is 3. The van der Waals surface area contributed by atoms with E-state index < -0.39 is 36.0 Å². The molecule has 1 aliphatic rings. The Balaban J connectivity index is 1.52. The van der Waals surface area contributed by atoms with Crippen molar-refractivity contribution in [2.45, 2.75) is 13.3 Å². The van der Waals surface area contributed by atoms with E-state index in [1.807, 2.05) is 6.92 Å². The number of amides is 2. The Labute approximate surface area is 171 Å². The molecule has 0 bridgehead atoms. The lowest BCUT2D eigenvalue weighted by molar-refractivity contribution is -0.151. The van der Waals surface area contributed by atoms with E-state index in [9.17, 15) is 23.2 Å². The molecular formula is C21H20F2N2O5. The van der Waals surface area contributed by atoms with E-state index in [1.54, 1.807) is 24.3 Å². The molecule has 2 amide bonds. The smallest absolute Gasteiger partial charge is 0.311 e. The summed E-state index contributed by atoms with van der Waals surface area (Å²) in [4.78, 5) is 37.9. The van der Waals surface area contributed by atoms with E-state index in [0.717, 1.165) is 12.1 Å². The number of carbonyl (C=O) groups excluding carboxylic acids is 3. The molecule has 2 aromatic carbocycles. The first-order chi connectivity index (χ1) is 14.4. The van der Waals surface area contributed by atoms with Crippen LogP contribution in [0.5, 0.6) is 5.75 Å². The van der Waals surface area contributed by atoms with Crippen molar-refractivity contribution in [3.8, 4) is 5.75 Å². The fourth-order valence-electron chi connectivity index (χ4n) is 3.04. The molecule has 0 aliphatic carbocycles. The Morgan fingerprint density at radius 1 is 1.17 bits per heavy atom. The van der Waals surface area contributed by atoms with Crippen molar-refractivity contribution in [1.29, 1.82) is 0 Å². The second-order valence-electron chi connectivity index (χ2n) is 6.61. The van der Waals surface area contributed by atoms with Crippen molar-refractivity contribution in [2.75, 3.05) is 30.0 Å². The second kappa shape index (κ2) is 9.34. The topological polar surface area (TPSA) is 84.9 Å². The number of esters is 1. The maximum Gasteiger partial charge on any atom is 0.311 e. The van der Waals surface area contributed by atoms with E-state index in [-0.39, 0.29) is 24.6 Å². The zero-order valence-corrected chi connectivity index (χ0v) is 16.2. The maximum atomic E-state index is 13.6. The molecule has 0 aromatic heterocycles. The molecule has 1 aliphatic heterocycles. The first kappa shape index (κ1) is 21.2. The molecule has 1 unspecified atom stereocenters. The van der Waals surface area contributed by atoms with Gasteiger partial charge in [0.2, 0.25) is 5.91 Å². The number of anilines is 2. The molecule has 1 atom stereocenters. The molecule has 1 N–H and O–H groups in total. The molecule has 0 radical (unpaired) electrons. The minimum absolute atomic E-state index is 0.0414. The summed E-state index contributed by atoms with van der Waals surface area (Å²) in [6, 6.07) is 9.59. The predicted molar refractivity (Wildman–Crippen MR) is 104 cm³/mol. The summed E-state index contributed by atoms with van der Waals surface area (Å²) in [5, 5.41) is 2.20. The summed E-state index contributed by atoms with van der Waals surface area (Å²) >= 11 is 0. The number of rotatable bonds is 7. The van der Waals surface area contributed by atoms with Gasteiger partial charge in [-0.3, -0.25) is 14.4 Å². The van der Waals surface area contributed by atoms with E-state index in [1.165, 1.54) is 4.90 Å². The number of halogens is 2. The van der Waals surface area contributed by atoms with Crippen LogP contribution in [0.15, 0.2) is 42.5 Å². The lowest BCUT2D eigenvalue weighted by Crippen LogP contribution is -2.28. The number of hydrogen-bond acceptors (Lipinski definition) is 5. The maximum absolute atomic E-state index is 13.6. The van der Waals surface area contributed by atoms with Gasteiger partial charge in [0.1, 0.15) is 17.4 Å². The monoisotopic (exact) mass is 418 g/mol. The molecule has 9 heteroatoms. The average Bonchev–Trinajstić information content (AvgIpc) is 3.11. The van der Waals surface area contributed by atoms with Gasteiger partial charge in [0, 0.05) is 24.7 Å². The van der Waals surface area contributed by atoms with Crippen LogP contribution in [0.2, 0.25) is 0 Å². The molecule has 158 valence electrons. The number of nitrogens with one attached hydrogen (secondary N) is 1. The van der Waals surface area contributed by atoms with Crippen LogP contribution >= 0.6 is 0 Å². The molecule has 1 saturated heterocycles. The van der Waals surface area contributed by atoms with Gasteiger partial charge in [-0.15, -0.1) is 0 Å². The van der Waals surface area contributed by atoms with Crippen LogP contribution < -0.4 is 15.0 Å². The summed E-state index contributed by atoms with van der Waals surface area (Å²) < 4.78 is 36.8. The second-order valence-corrected chi connectivity index (χ2v) is 6.61. The molecule has 3 rings (SSSR count). The molecule has 30 heavy (non-hydrogen) atoms. The van der Waals surface area contributed by atoms with Crippen LogP contribution in [0.1, 0.15) is 13.3 Å². The van der Waals surface area contributed by atoms with Crippen molar-refractivity contribution in [2.24, 2.45) is 5.92 Å². The summed E-state index contributed by atoms with van der Waals surface area (Å²) in [5.41, 5.74) is 0.401. The summed E-state index contributed by atoms with van der Waals surface area (Å²) in [7, 11) is 0. The third kappa shape index (κ3) is 5.11. The lowest BCUT2D eigenvalue weighted by Gasteiger charge is -2.17. The summed E-state index contributed by atoms with van der Waals surface area (Å²) in [5.74, 6) is -3.49. The van der Waals surface area contributed by atoms with Crippen molar-refractivity contribution >= 4 is 29.2 Å². The molecule has 1 heterocycles. The van der Waals surface area contributed by atoms with E-state index in [2.05, 4.69) is 5.32 Å². The van der Waals surface area contributed by atoms with Crippen LogP contribution in [0.25, 0.3) is 0 Å². The Morgan fingerprint density at radius 3 is 2.57 bits per heavy atom. The van der Waals surface area contributed by atoms with Crippen LogP contribution in [-0.2, 0) is 19.1 Å². The van der Waals surface area contributed by atoms with Crippen LogP contribution in [-0.4, -0.2) is 37.5 Å². The highest BCUT2D eigenvalue weighted by molar-refractivity contribution is 6.00. The molecule has 7 nitrogen and oxygen atoms in total. The van der Waals surface area contributed by atoms with Crippen LogP contribution in [0, 0.1) is 17.6 Å². The van der Waals surface area contributed by atoms with E-state index in [4.69, 9.17) is 9.47 Å². The van der Waals surface area contributed by atoms with Crippen molar-refractivity contribution in [1.82, 2.24) is 0 Å². The van der Waals surface area contributed by atoms with Crippen LogP contribution in [0.4, 0.5) is 20.2 Å². The van der Waals surface area contributed by atoms with Gasteiger partial charge in [-0.1, -0.05) is 0 Å². The van der Waals surface area contributed by atoms with Gasteiger partial charge < -0.3 is 19.7 Å². The third-order valence-electron chi connectivity index (χ3n) is 4.47. The average molecular weight is 418 g/mol. The van der Waals surface area contributed by atoms with Gasteiger partial charge in [-0.2, -0.15) is 0 Å². The van der Waals surface area contributed by atoms with Gasteiger partial charge in [-0.05, 0) is 43.3 Å². The van der Waals surface area contributed by atoms with Gasteiger partial charge in [0.25, 0.3) is 5.91 Å². The van der Waals surface area contributed by atoms with Gasteiger partial charge >= 0.3 is 5.97 Å². The van der Waals surface area contributed by atoms with Gasteiger partial charge in [0.05, 0.1) is 18.2 Å². The molecule has 1 fully saturated rings. The zero-order valence-electron chi connectivity index (χ0n) is 16.2. The summed E-state index contributed by atoms with van der Waals surface area (Å²) in [6.45, 7) is 1.87. The normalized spacial score (nSPS) is 15.8. The quantitative estimate of drug-likeness (QED) is 0.699. The number of hydrogen-bond donors (Lipinski definition) is 1. The Kier molecular flexibility index (Phi) is 6.61. The fraction of sp³-hybridized carbons (Fsp3) is 0.286. The van der Waals surface area contributed by atoms with Crippen molar-refractivity contribution in [3.05, 3.63) is 54.1 Å². The number of nitrogens with zero attached hydrogens (tertiary/aromatic N) is 1. The summed E-state index contributed by atoms with van der Waals surface area (Å²) in [6.07, 6.45) is -0.0414. The predicted octanol–water partition coefficient (Wildman–Crippen LogP) is 2.90. The Hall–Kier alpha value is -3.49. The highest BCUT2D eigenvalue weighted by Gasteiger charge is 2.36. The molecular weight excluding hydrogens is 398 g/mol. The lowest BCUT2D eigenvalue weighted by atomic mass is 10.1. The zero-order chi connectivity index (χ0) is 21.7. The van der Waals surface area contributed by atoms with E-state index >= 15 is 0 Å². The number of benzene rings is 2. The highest BCUT2D eigenvalue weighted by atomic mass is 19.1. The third-order valence-corrected chi connectivity index (χ3v) is 4.47. The Morgan fingerprint density at radius 2 is 1.90 bits per heavy atom.